The number of aryl methyl sites for hydroxylation is 2. The Bertz CT molecular complexity index is 708. The van der Waals surface area contributed by atoms with Crippen LogP contribution in [0.4, 0.5) is 4.39 Å². The number of hydrogen-bond donors (Lipinski definition) is 2. The molecule has 0 radical (unpaired) electrons. The maximum absolute atomic E-state index is 13.2. The fourth-order valence-electron chi connectivity index (χ4n) is 2.64. The molecule has 0 saturated heterocycles. The van der Waals surface area contributed by atoms with Gasteiger partial charge in [-0.25, -0.2) is 9.38 Å². The highest BCUT2D eigenvalue weighted by Gasteiger charge is 2.08. The van der Waals surface area contributed by atoms with E-state index in [4.69, 9.17) is 0 Å². The van der Waals surface area contributed by atoms with Crippen LogP contribution in [0.25, 0.3) is 0 Å². The molecule has 1 aromatic carbocycles. The van der Waals surface area contributed by atoms with E-state index in [1.54, 1.807) is 6.07 Å². The molecule has 0 aliphatic heterocycles. The number of aromatic nitrogens is 2. The number of aliphatic imine (C=N–C) groups is 1. The van der Waals surface area contributed by atoms with Crippen molar-refractivity contribution in [1.29, 1.82) is 0 Å². The Morgan fingerprint density at radius 2 is 2.08 bits per heavy atom. The first kappa shape index (κ1) is 19.0. The zero-order valence-electron chi connectivity index (χ0n) is 15.5. The first-order chi connectivity index (χ1) is 12.0. The molecule has 1 heterocycles. The quantitative estimate of drug-likeness (QED) is 0.599. The minimum Gasteiger partial charge on any atom is -0.357 e. The van der Waals surface area contributed by atoms with E-state index in [1.807, 2.05) is 24.6 Å². The summed E-state index contributed by atoms with van der Waals surface area (Å²) in [5.41, 5.74) is 3.08. The number of nitrogens with one attached hydrogen (secondary N) is 2. The summed E-state index contributed by atoms with van der Waals surface area (Å²) < 4.78 is 15.3. The van der Waals surface area contributed by atoms with Crippen molar-refractivity contribution < 1.29 is 4.39 Å². The van der Waals surface area contributed by atoms with Crippen molar-refractivity contribution in [2.75, 3.05) is 13.1 Å². The van der Waals surface area contributed by atoms with Gasteiger partial charge >= 0.3 is 0 Å². The van der Waals surface area contributed by atoms with Crippen molar-refractivity contribution in [3.05, 3.63) is 53.1 Å². The molecule has 0 spiro atoms. The van der Waals surface area contributed by atoms with Crippen molar-refractivity contribution >= 4 is 5.96 Å². The fourth-order valence-corrected chi connectivity index (χ4v) is 2.64. The normalized spacial score (nSPS) is 12.9. The molecule has 136 valence electrons. The summed E-state index contributed by atoms with van der Waals surface area (Å²) in [7, 11) is 0. The Hall–Kier alpha value is -2.37. The van der Waals surface area contributed by atoms with Gasteiger partial charge in [0.05, 0.1) is 12.2 Å². The number of hydrogen-bond acceptors (Lipinski definition) is 2. The van der Waals surface area contributed by atoms with Crippen LogP contribution < -0.4 is 10.6 Å². The highest BCUT2D eigenvalue weighted by molar-refractivity contribution is 5.79. The highest BCUT2D eigenvalue weighted by atomic mass is 19.1. The molecule has 1 unspecified atom stereocenters. The zero-order chi connectivity index (χ0) is 18.2. The lowest BCUT2D eigenvalue weighted by atomic mass is 10.2. The van der Waals surface area contributed by atoms with Crippen LogP contribution >= 0.6 is 0 Å². The van der Waals surface area contributed by atoms with Crippen LogP contribution in [0.2, 0.25) is 0 Å². The third-order valence-electron chi connectivity index (χ3n) is 3.86. The Kier molecular flexibility index (Phi) is 6.98. The summed E-state index contributed by atoms with van der Waals surface area (Å²) in [5, 5.41) is 11.1. The molecule has 0 bridgehead atoms. The molecule has 0 amide bonds. The largest absolute Gasteiger partial charge is 0.357 e. The van der Waals surface area contributed by atoms with Gasteiger partial charge in [0.15, 0.2) is 5.96 Å². The first-order valence-electron chi connectivity index (χ1n) is 8.75. The number of rotatable bonds is 7. The second-order valence-electron chi connectivity index (χ2n) is 6.42. The van der Waals surface area contributed by atoms with Gasteiger partial charge in [-0.05, 0) is 50.5 Å². The highest BCUT2D eigenvalue weighted by Crippen LogP contribution is 2.06. The number of nitrogens with zero attached hydrogens (tertiary/aromatic N) is 3. The molecule has 2 N–H and O–H groups in total. The molecule has 0 fully saturated rings. The third kappa shape index (κ3) is 6.21. The molecule has 1 atom stereocenters. The van der Waals surface area contributed by atoms with Crippen molar-refractivity contribution in [2.45, 2.75) is 40.8 Å². The topological polar surface area (TPSA) is 54.2 Å². The van der Waals surface area contributed by atoms with E-state index in [2.05, 4.69) is 40.6 Å². The van der Waals surface area contributed by atoms with E-state index in [0.717, 1.165) is 36.9 Å². The number of benzene rings is 1. The Labute approximate surface area is 149 Å². The second-order valence-corrected chi connectivity index (χ2v) is 6.42. The monoisotopic (exact) mass is 345 g/mol. The Balaban J connectivity index is 1.89. The molecule has 1 aromatic heterocycles. The molecule has 25 heavy (non-hydrogen) atoms. The van der Waals surface area contributed by atoms with Crippen LogP contribution in [0.1, 0.15) is 30.8 Å². The van der Waals surface area contributed by atoms with Crippen molar-refractivity contribution in [3.63, 3.8) is 0 Å². The van der Waals surface area contributed by atoms with Crippen LogP contribution in [0.5, 0.6) is 0 Å². The van der Waals surface area contributed by atoms with E-state index in [9.17, 15) is 4.39 Å². The predicted octanol–water partition coefficient (Wildman–Crippen LogP) is 3.03. The molecular weight excluding hydrogens is 317 g/mol. The van der Waals surface area contributed by atoms with Crippen LogP contribution in [-0.2, 0) is 13.1 Å². The summed E-state index contributed by atoms with van der Waals surface area (Å²) in [5.74, 6) is 0.909. The Morgan fingerprint density at radius 3 is 2.72 bits per heavy atom. The molecule has 0 aliphatic carbocycles. The summed E-state index contributed by atoms with van der Waals surface area (Å²) >= 11 is 0. The van der Waals surface area contributed by atoms with Crippen LogP contribution in [-0.4, -0.2) is 28.8 Å². The third-order valence-corrected chi connectivity index (χ3v) is 3.86. The molecule has 6 heteroatoms. The lowest BCUT2D eigenvalue weighted by Gasteiger charge is -2.16. The van der Waals surface area contributed by atoms with E-state index < -0.39 is 0 Å². The van der Waals surface area contributed by atoms with Gasteiger partial charge in [0, 0.05) is 25.3 Å². The average molecular weight is 345 g/mol. The van der Waals surface area contributed by atoms with E-state index in [-0.39, 0.29) is 5.82 Å². The second kappa shape index (κ2) is 9.20. The maximum Gasteiger partial charge on any atom is 0.191 e. The molecule has 2 rings (SSSR count). The minimum atomic E-state index is -0.232. The van der Waals surface area contributed by atoms with E-state index in [1.165, 1.54) is 17.8 Å². The number of guanidine groups is 1. The fraction of sp³-hybridized carbons (Fsp3) is 0.474. The van der Waals surface area contributed by atoms with Gasteiger partial charge in [-0.2, -0.15) is 5.10 Å². The van der Waals surface area contributed by atoms with Crippen molar-refractivity contribution in [2.24, 2.45) is 10.9 Å². The van der Waals surface area contributed by atoms with Gasteiger partial charge < -0.3 is 10.6 Å². The lowest BCUT2D eigenvalue weighted by molar-refractivity contribution is 0.436. The van der Waals surface area contributed by atoms with Gasteiger partial charge in [0.2, 0.25) is 0 Å². The summed E-state index contributed by atoms with van der Waals surface area (Å²) in [4.78, 5) is 4.53. The summed E-state index contributed by atoms with van der Waals surface area (Å²) in [6.45, 7) is 11.2. The summed E-state index contributed by atoms with van der Waals surface area (Å²) in [6, 6.07) is 8.62. The summed E-state index contributed by atoms with van der Waals surface area (Å²) in [6.07, 6.45) is 0. The lowest BCUT2D eigenvalue weighted by Crippen LogP contribution is -2.40. The number of halogens is 1. The SMILES string of the molecule is CCNC(=NCc1cccc(F)c1)NCC(C)Cn1nc(C)cc1C. The molecule has 2 aromatic rings. The van der Waals surface area contributed by atoms with E-state index >= 15 is 0 Å². The van der Waals surface area contributed by atoms with Crippen molar-refractivity contribution in [3.8, 4) is 0 Å². The van der Waals surface area contributed by atoms with E-state index in [0.29, 0.717) is 12.5 Å². The smallest absolute Gasteiger partial charge is 0.191 e. The van der Waals surface area contributed by atoms with Crippen LogP contribution in [0.3, 0.4) is 0 Å². The van der Waals surface area contributed by atoms with Gasteiger partial charge in [-0.3, -0.25) is 4.68 Å². The molecule has 0 saturated carbocycles. The molecule has 0 aliphatic rings. The first-order valence-corrected chi connectivity index (χ1v) is 8.75. The van der Waals surface area contributed by atoms with Gasteiger partial charge in [0.25, 0.3) is 0 Å². The van der Waals surface area contributed by atoms with Gasteiger partial charge in [0.1, 0.15) is 5.82 Å². The zero-order valence-corrected chi connectivity index (χ0v) is 15.5. The Morgan fingerprint density at radius 1 is 1.28 bits per heavy atom. The average Bonchev–Trinajstić information content (AvgIpc) is 2.87. The van der Waals surface area contributed by atoms with Crippen LogP contribution in [0, 0.1) is 25.6 Å². The molecule has 5 nitrogen and oxygen atoms in total. The van der Waals surface area contributed by atoms with Gasteiger partial charge in [-0.15, -0.1) is 0 Å². The maximum atomic E-state index is 13.2. The van der Waals surface area contributed by atoms with Crippen LogP contribution in [0.15, 0.2) is 35.3 Å². The minimum absolute atomic E-state index is 0.232. The standard InChI is InChI=1S/C19H28FN5/c1-5-21-19(23-12-17-7-6-8-18(20)10-17)22-11-14(2)13-25-16(4)9-15(3)24-25/h6-10,14H,5,11-13H2,1-4H3,(H2,21,22,23). The molecular formula is C19H28FN5. The predicted molar refractivity (Wildman–Crippen MR) is 100 cm³/mol. The van der Waals surface area contributed by atoms with Crippen molar-refractivity contribution in [1.82, 2.24) is 20.4 Å². The van der Waals surface area contributed by atoms with Gasteiger partial charge in [-0.1, -0.05) is 19.1 Å².